The second kappa shape index (κ2) is 7.30. The maximum atomic E-state index is 12.5. The summed E-state index contributed by atoms with van der Waals surface area (Å²) in [6.45, 7) is 3.54. The van der Waals surface area contributed by atoms with Crippen LogP contribution in [-0.4, -0.2) is 34.6 Å². The van der Waals surface area contributed by atoms with Gasteiger partial charge in [0.05, 0.1) is 6.07 Å². The van der Waals surface area contributed by atoms with Crippen molar-refractivity contribution >= 4 is 17.7 Å². The number of piperidine rings is 1. The third kappa shape index (κ3) is 3.51. The van der Waals surface area contributed by atoms with E-state index in [1.807, 2.05) is 17.0 Å². The topological polar surface area (TPSA) is 57.0 Å². The first-order chi connectivity index (χ1) is 9.76. The maximum absolute atomic E-state index is 12.5. The number of amides is 1. The Morgan fingerprint density at radius 3 is 2.95 bits per heavy atom. The van der Waals surface area contributed by atoms with Crippen LogP contribution in [0.2, 0.25) is 0 Å². The van der Waals surface area contributed by atoms with Crippen LogP contribution in [0.25, 0.3) is 0 Å². The Hall–Kier alpha value is -1.54. The standard InChI is InChI=1S/C15H19N3OS/c1-2-20-13-4-3-9-17-14(13)15(19)18-10-6-12(5-8-16)7-11-18/h3-4,9,12H,2,5-7,10-11H2,1H3. The summed E-state index contributed by atoms with van der Waals surface area (Å²) in [5.41, 5.74) is 0.568. The summed E-state index contributed by atoms with van der Waals surface area (Å²) in [7, 11) is 0. The molecule has 1 aliphatic heterocycles. The molecule has 0 radical (unpaired) electrons. The Bertz CT molecular complexity index is 504. The van der Waals surface area contributed by atoms with Crippen molar-refractivity contribution in [3.63, 3.8) is 0 Å². The van der Waals surface area contributed by atoms with Gasteiger partial charge in [0.1, 0.15) is 5.69 Å². The zero-order valence-corrected chi connectivity index (χ0v) is 12.5. The van der Waals surface area contributed by atoms with Gasteiger partial charge in [-0.15, -0.1) is 11.8 Å². The van der Waals surface area contributed by atoms with Gasteiger partial charge in [0.15, 0.2) is 0 Å². The number of hydrogen-bond donors (Lipinski definition) is 0. The number of likely N-dealkylation sites (tertiary alicyclic amines) is 1. The number of carbonyl (C=O) groups is 1. The zero-order valence-electron chi connectivity index (χ0n) is 11.7. The SMILES string of the molecule is CCSc1cccnc1C(=O)N1CCC(CC#N)CC1. The number of nitrogens with zero attached hydrogens (tertiary/aromatic N) is 3. The predicted octanol–water partition coefficient (Wildman–Crippen LogP) is 2.96. The molecule has 0 atom stereocenters. The van der Waals surface area contributed by atoms with Crippen LogP contribution >= 0.6 is 11.8 Å². The Morgan fingerprint density at radius 2 is 2.30 bits per heavy atom. The summed E-state index contributed by atoms with van der Waals surface area (Å²) in [6, 6.07) is 6.04. The fourth-order valence-electron chi connectivity index (χ4n) is 2.44. The van der Waals surface area contributed by atoms with Crippen LogP contribution in [0.3, 0.4) is 0 Å². The summed E-state index contributed by atoms with van der Waals surface area (Å²) in [5, 5.41) is 8.72. The highest BCUT2D eigenvalue weighted by atomic mass is 32.2. The number of aromatic nitrogens is 1. The van der Waals surface area contributed by atoms with E-state index in [0.717, 1.165) is 36.6 Å². The van der Waals surface area contributed by atoms with Crippen LogP contribution in [0.1, 0.15) is 36.7 Å². The van der Waals surface area contributed by atoms with Crippen LogP contribution in [0.4, 0.5) is 0 Å². The van der Waals surface area contributed by atoms with Crippen LogP contribution in [-0.2, 0) is 0 Å². The van der Waals surface area contributed by atoms with Gasteiger partial charge in [0.25, 0.3) is 5.91 Å². The third-order valence-corrected chi connectivity index (χ3v) is 4.48. The highest BCUT2D eigenvalue weighted by Gasteiger charge is 2.25. The lowest BCUT2D eigenvalue weighted by molar-refractivity contribution is 0.0682. The monoisotopic (exact) mass is 289 g/mol. The summed E-state index contributed by atoms with van der Waals surface area (Å²) in [6.07, 6.45) is 4.11. The van der Waals surface area contributed by atoms with Gasteiger partial charge in [-0.1, -0.05) is 6.92 Å². The Morgan fingerprint density at radius 1 is 1.55 bits per heavy atom. The van der Waals surface area contributed by atoms with Crippen LogP contribution in [0.15, 0.2) is 23.2 Å². The Kier molecular flexibility index (Phi) is 5.42. The van der Waals surface area contributed by atoms with Crippen molar-refractivity contribution in [1.82, 2.24) is 9.88 Å². The molecule has 1 aliphatic rings. The van der Waals surface area contributed by atoms with E-state index in [9.17, 15) is 4.79 Å². The highest BCUT2D eigenvalue weighted by Crippen LogP contribution is 2.25. The Balaban J connectivity index is 2.04. The number of nitriles is 1. The molecule has 0 N–H and O–H groups in total. The lowest BCUT2D eigenvalue weighted by atomic mass is 9.94. The van der Waals surface area contributed by atoms with Crippen molar-refractivity contribution in [2.75, 3.05) is 18.8 Å². The van der Waals surface area contributed by atoms with E-state index in [2.05, 4.69) is 18.0 Å². The molecular formula is C15H19N3OS. The largest absolute Gasteiger partial charge is 0.337 e. The molecule has 0 bridgehead atoms. The average molecular weight is 289 g/mol. The minimum Gasteiger partial charge on any atom is -0.337 e. The van der Waals surface area contributed by atoms with Gasteiger partial charge in [-0.05, 0) is 36.6 Å². The molecule has 1 fully saturated rings. The van der Waals surface area contributed by atoms with Crippen molar-refractivity contribution in [2.45, 2.75) is 31.1 Å². The van der Waals surface area contributed by atoms with Crippen LogP contribution in [0, 0.1) is 17.2 Å². The van der Waals surface area contributed by atoms with E-state index in [0.29, 0.717) is 18.0 Å². The maximum Gasteiger partial charge on any atom is 0.273 e. The first-order valence-electron chi connectivity index (χ1n) is 7.00. The van der Waals surface area contributed by atoms with Crippen molar-refractivity contribution in [3.05, 3.63) is 24.0 Å². The van der Waals surface area contributed by atoms with E-state index in [4.69, 9.17) is 5.26 Å². The molecule has 106 valence electrons. The van der Waals surface area contributed by atoms with E-state index >= 15 is 0 Å². The Labute approximate surface area is 124 Å². The molecule has 0 aromatic carbocycles. The molecule has 1 saturated heterocycles. The molecule has 4 nitrogen and oxygen atoms in total. The number of rotatable bonds is 4. The first-order valence-corrected chi connectivity index (χ1v) is 7.98. The number of thioether (sulfide) groups is 1. The second-order valence-electron chi connectivity index (χ2n) is 4.88. The van der Waals surface area contributed by atoms with Crippen LogP contribution < -0.4 is 0 Å². The van der Waals surface area contributed by atoms with Gasteiger partial charge in [0.2, 0.25) is 0 Å². The highest BCUT2D eigenvalue weighted by molar-refractivity contribution is 7.99. The smallest absolute Gasteiger partial charge is 0.273 e. The molecule has 2 rings (SSSR count). The molecule has 1 aromatic heterocycles. The number of hydrogen-bond acceptors (Lipinski definition) is 4. The summed E-state index contributed by atoms with van der Waals surface area (Å²) in [4.78, 5) is 19.6. The third-order valence-electron chi connectivity index (χ3n) is 3.55. The van der Waals surface area contributed by atoms with Crippen molar-refractivity contribution < 1.29 is 4.79 Å². The van der Waals surface area contributed by atoms with Crippen molar-refractivity contribution in [2.24, 2.45) is 5.92 Å². The minimum atomic E-state index is 0.0250. The molecule has 0 saturated carbocycles. The van der Waals surface area contributed by atoms with E-state index in [1.165, 1.54) is 0 Å². The zero-order chi connectivity index (χ0) is 14.4. The molecule has 0 aliphatic carbocycles. The lowest BCUT2D eigenvalue weighted by Crippen LogP contribution is -2.39. The van der Waals surface area contributed by atoms with Gasteiger partial charge in [-0.2, -0.15) is 5.26 Å². The quantitative estimate of drug-likeness (QED) is 0.800. The fourth-order valence-corrected chi connectivity index (χ4v) is 3.20. The molecule has 1 aromatic rings. The molecular weight excluding hydrogens is 270 g/mol. The normalized spacial score (nSPS) is 15.9. The fraction of sp³-hybridized carbons (Fsp3) is 0.533. The van der Waals surface area contributed by atoms with Gasteiger partial charge in [0, 0.05) is 30.6 Å². The summed E-state index contributed by atoms with van der Waals surface area (Å²) >= 11 is 1.65. The lowest BCUT2D eigenvalue weighted by Gasteiger charge is -2.31. The van der Waals surface area contributed by atoms with Gasteiger partial charge in [-0.3, -0.25) is 4.79 Å². The van der Waals surface area contributed by atoms with Crippen molar-refractivity contribution in [1.29, 1.82) is 5.26 Å². The van der Waals surface area contributed by atoms with E-state index in [1.54, 1.807) is 18.0 Å². The van der Waals surface area contributed by atoms with E-state index < -0.39 is 0 Å². The molecule has 2 heterocycles. The molecule has 0 unspecified atom stereocenters. The van der Waals surface area contributed by atoms with E-state index in [-0.39, 0.29) is 5.91 Å². The van der Waals surface area contributed by atoms with Gasteiger partial charge in [-0.25, -0.2) is 4.98 Å². The molecule has 1 amide bonds. The van der Waals surface area contributed by atoms with Gasteiger partial charge < -0.3 is 4.90 Å². The molecule has 5 heteroatoms. The van der Waals surface area contributed by atoms with Crippen LogP contribution in [0.5, 0.6) is 0 Å². The number of carbonyl (C=O) groups excluding carboxylic acids is 1. The summed E-state index contributed by atoms with van der Waals surface area (Å²) in [5.74, 6) is 1.39. The molecule has 20 heavy (non-hydrogen) atoms. The number of pyridine rings is 1. The molecule has 0 spiro atoms. The summed E-state index contributed by atoms with van der Waals surface area (Å²) < 4.78 is 0. The average Bonchev–Trinajstić information content (AvgIpc) is 2.49. The second-order valence-corrected chi connectivity index (χ2v) is 6.19. The minimum absolute atomic E-state index is 0.0250. The van der Waals surface area contributed by atoms with Crippen molar-refractivity contribution in [3.8, 4) is 6.07 Å². The first kappa shape index (κ1) is 14.9. The van der Waals surface area contributed by atoms with Gasteiger partial charge >= 0.3 is 0 Å². The predicted molar refractivity (Wildman–Crippen MR) is 79.5 cm³/mol.